The maximum atomic E-state index is 5.80. The molecule has 6 atom stereocenters. The van der Waals surface area contributed by atoms with Crippen molar-refractivity contribution in [2.24, 2.45) is 23.7 Å². The molecule has 0 bridgehead atoms. The average molecular weight is 116 g/mol. The van der Waals surface area contributed by atoms with Crippen molar-refractivity contribution >= 4 is 0 Å². The molecule has 7 aliphatic rings. The van der Waals surface area contributed by atoms with Crippen molar-refractivity contribution < 1.29 is 4.74 Å². The third-order valence-electron chi connectivity index (χ3n) is 5.09. The van der Waals surface area contributed by atoms with Gasteiger partial charge in [0.2, 0.25) is 0 Å². The lowest BCUT2D eigenvalue weighted by Crippen LogP contribution is -2.96. The molecule has 1 aliphatic heterocycles. The molecule has 0 aromatic heterocycles. The highest BCUT2D eigenvalue weighted by atomic mass is 16.7. The van der Waals surface area contributed by atoms with Crippen LogP contribution in [-0.4, -0.2) is 11.2 Å². The molecular formula is C8H4O. The van der Waals surface area contributed by atoms with Gasteiger partial charge in [-0.3, -0.25) is 0 Å². The Morgan fingerprint density at radius 2 is 2.33 bits per heavy atom. The van der Waals surface area contributed by atoms with Crippen molar-refractivity contribution in [2.45, 2.75) is 11.2 Å². The molecule has 6 unspecified atom stereocenters. The molecule has 5 fully saturated rings. The first-order chi connectivity index (χ1) is 4.45. The first-order valence-electron chi connectivity index (χ1n) is 3.89. The summed E-state index contributed by atoms with van der Waals surface area (Å²) >= 11 is 0. The monoisotopic (exact) mass is 116 g/mol. The number of hydrogen-bond acceptors (Lipinski definition) is 1. The van der Waals surface area contributed by atoms with E-state index in [0.29, 0.717) is 11.2 Å². The number of hydrogen-bond donors (Lipinski definition) is 0. The van der Waals surface area contributed by atoms with Crippen molar-refractivity contribution in [3.8, 4) is 0 Å². The Labute approximate surface area is 51.7 Å². The fraction of sp³-hybridized carbons (Fsp3) is 0.750. The van der Waals surface area contributed by atoms with E-state index in [9.17, 15) is 0 Å². The van der Waals surface area contributed by atoms with Crippen molar-refractivity contribution in [1.82, 2.24) is 0 Å². The van der Waals surface area contributed by atoms with E-state index in [1.807, 2.05) is 5.57 Å². The summed E-state index contributed by atoms with van der Waals surface area (Å²) in [5, 5.41) is 0. The van der Waals surface area contributed by atoms with Gasteiger partial charge in [-0.25, -0.2) is 0 Å². The zero-order valence-electron chi connectivity index (χ0n) is 4.72. The predicted molar refractivity (Wildman–Crippen MR) is 27.5 cm³/mol. The molecule has 0 amide bonds. The van der Waals surface area contributed by atoms with Gasteiger partial charge in [0.1, 0.15) is 11.2 Å². The first-order valence-corrected chi connectivity index (χ1v) is 3.89. The Kier molecular flexibility index (Phi) is 0.112. The van der Waals surface area contributed by atoms with Crippen LogP contribution in [0.3, 0.4) is 0 Å². The van der Waals surface area contributed by atoms with Crippen LogP contribution in [0, 0.1) is 23.7 Å². The molecule has 2 spiro atoms. The molecule has 7 rings (SSSR count). The van der Waals surface area contributed by atoms with Crippen molar-refractivity contribution in [1.29, 1.82) is 0 Å². The molecule has 4 saturated carbocycles. The molecule has 42 valence electrons. The molecule has 0 N–H and O–H groups in total. The van der Waals surface area contributed by atoms with Crippen LogP contribution in [0.5, 0.6) is 0 Å². The number of ether oxygens (including phenoxy) is 1. The van der Waals surface area contributed by atoms with Crippen molar-refractivity contribution in [3.05, 3.63) is 11.1 Å². The van der Waals surface area contributed by atoms with E-state index in [0.717, 1.165) is 23.7 Å². The Morgan fingerprint density at radius 1 is 1.33 bits per heavy atom. The van der Waals surface area contributed by atoms with Gasteiger partial charge in [-0.2, -0.15) is 0 Å². The maximum Gasteiger partial charge on any atom is 0.127 e. The minimum Gasteiger partial charge on any atom is -0.356 e. The lowest BCUT2D eigenvalue weighted by Gasteiger charge is -2.90. The molecule has 1 nitrogen and oxygen atoms in total. The van der Waals surface area contributed by atoms with Gasteiger partial charge in [-0.05, 0) is 11.5 Å². The molecule has 9 heavy (non-hydrogen) atoms. The van der Waals surface area contributed by atoms with Crippen molar-refractivity contribution in [2.75, 3.05) is 0 Å². The van der Waals surface area contributed by atoms with Gasteiger partial charge < -0.3 is 4.74 Å². The summed E-state index contributed by atoms with van der Waals surface area (Å²) in [5.74, 6) is 4.16. The van der Waals surface area contributed by atoms with Crippen LogP contribution < -0.4 is 0 Å². The van der Waals surface area contributed by atoms with E-state index in [1.165, 1.54) is 0 Å². The molecule has 1 heterocycles. The Morgan fingerprint density at radius 3 is 2.78 bits per heavy atom. The van der Waals surface area contributed by atoms with Crippen LogP contribution in [0.4, 0.5) is 0 Å². The van der Waals surface area contributed by atoms with Crippen LogP contribution in [0.25, 0.3) is 0 Å². The summed E-state index contributed by atoms with van der Waals surface area (Å²) < 4.78 is 5.80. The summed E-state index contributed by atoms with van der Waals surface area (Å²) in [6.07, 6.45) is 0. The van der Waals surface area contributed by atoms with E-state index < -0.39 is 0 Å². The molecule has 0 aromatic rings. The largest absolute Gasteiger partial charge is 0.356 e. The quantitative estimate of drug-likeness (QED) is 0.328. The van der Waals surface area contributed by atoms with Crippen LogP contribution in [0.1, 0.15) is 0 Å². The number of epoxide rings is 1. The van der Waals surface area contributed by atoms with E-state index in [1.54, 1.807) is 5.57 Å². The van der Waals surface area contributed by atoms with Crippen molar-refractivity contribution in [3.63, 3.8) is 0 Å². The summed E-state index contributed by atoms with van der Waals surface area (Å²) in [6, 6.07) is 0. The van der Waals surface area contributed by atoms with Gasteiger partial charge in [-0.15, -0.1) is 0 Å². The molecule has 0 radical (unpaired) electrons. The Balaban J connectivity index is 2.17. The predicted octanol–water partition coefficient (Wildman–Crippen LogP) is 0.324. The van der Waals surface area contributed by atoms with E-state index in [-0.39, 0.29) is 0 Å². The van der Waals surface area contributed by atoms with Gasteiger partial charge in [0.15, 0.2) is 0 Å². The zero-order chi connectivity index (χ0) is 5.17. The molecule has 6 aliphatic carbocycles. The van der Waals surface area contributed by atoms with Crippen LogP contribution >= 0.6 is 0 Å². The number of rotatable bonds is 0. The fourth-order valence-electron chi connectivity index (χ4n) is 5.02. The normalized spacial score (nSPS) is 101. The fourth-order valence-corrected chi connectivity index (χ4v) is 5.02. The topological polar surface area (TPSA) is 12.5 Å². The highest BCUT2D eigenvalue weighted by molar-refractivity contribution is 5.87. The second kappa shape index (κ2) is 0.367. The highest BCUT2D eigenvalue weighted by Gasteiger charge is 3.17. The third-order valence-corrected chi connectivity index (χ3v) is 5.09. The summed E-state index contributed by atoms with van der Waals surface area (Å²) in [5.41, 5.74) is 4.70. The molecular weight excluding hydrogens is 112 g/mol. The van der Waals surface area contributed by atoms with Gasteiger partial charge in [-0.1, -0.05) is 5.57 Å². The van der Waals surface area contributed by atoms with E-state index >= 15 is 0 Å². The lowest BCUT2D eigenvalue weighted by molar-refractivity contribution is -0.252. The second-order valence-corrected chi connectivity index (χ2v) is 4.51. The summed E-state index contributed by atoms with van der Waals surface area (Å²) in [4.78, 5) is 0. The highest BCUT2D eigenvalue weighted by Crippen LogP contribution is 3.10. The smallest absolute Gasteiger partial charge is 0.127 e. The average Bonchev–Trinajstić information content (AvgIpc) is 2.52. The molecule has 0 aromatic carbocycles. The minimum atomic E-state index is 0.492. The van der Waals surface area contributed by atoms with Crippen LogP contribution in [0.15, 0.2) is 11.1 Å². The third kappa shape index (κ3) is 0.0598. The van der Waals surface area contributed by atoms with Gasteiger partial charge in [0.05, 0.1) is 0 Å². The standard InChI is InChI=1S/C8H4O/c9-7-3-1-2-5(3)8(7,9)6(2)4(1)7/h1,3-5H. The molecule has 1 heteroatoms. The SMILES string of the molecule is O1C23C4=C5C6C4C12C6C53. The second-order valence-electron chi connectivity index (χ2n) is 4.51. The van der Waals surface area contributed by atoms with Gasteiger partial charge in [0.25, 0.3) is 0 Å². The summed E-state index contributed by atoms with van der Waals surface area (Å²) in [7, 11) is 0. The maximum absolute atomic E-state index is 5.80. The molecule has 1 saturated heterocycles. The summed E-state index contributed by atoms with van der Waals surface area (Å²) in [6.45, 7) is 0. The Hall–Kier alpha value is -0.300. The van der Waals surface area contributed by atoms with Crippen LogP contribution in [-0.2, 0) is 4.74 Å². The van der Waals surface area contributed by atoms with E-state index in [4.69, 9.17) is 4.74 Å². The van der Waals surface area contributed by atoms with Crippen LogP contribution in [0.2, 0.25) is 0 Å². The zero-order valence-corrected chi connectivity index (χ0v) is 4.72. The lowest BCUT2D eigenvalue weighted by atomic mass is 9.08. The minimum absolute atomic E-state index is 0.492. The first kappa shape index (κ1) is 2.75. The Bertz CT molecular complexity index is 369. The van der Waals surface area contributed by atoms with Gasteiger partial charge >= 0.3 is 0 Å². The van der Waals surface area contributed by atoms with E-state index in [2.05, 4.69) is 0 Å². The van der Waals surface area contributed by atoms with Gasteiger partial charge in [0, 0.05) is 17.8 Å².